The smallest absolute Gasteiger partial charge is 0.240 e. The fourth-order valence-corrected chi connectivity index (χ4v) is 3.89. The summed E-state index contributed by atoms with van der Waals surface area (Å²) >= 11 is 0. The number of amides is 2. The van der Waals surface area contributed by atoms with Crippen LogP contribution in [-0.2, 0) is 16.1 Å². The zero-order valence-corrected chi connectivity index (χ0v) is 15.1. The Morgan fingerprint density at radius 1 is 1.24 bits per heavy atom. The quantitative estimate of drug-likeness (QED) is 0.840. The van der Waals surface area contributed by atoms with E-state index in [0.717, 1.165) is 31.7 Å². The van der Waals surface area contributed by atoms with E-state index < -0.39 is 0 Å². The topological polar surface area (TPSA) is 55.9 Å². The fourth-order valence-electron chi connectivity index (χ4n) is 3.89. The van der Waals surface area contributed by atoms with Gasteiger partial charge in [-0.25, -0.2) is 0 Å². The summed E-state index contributed by atoms with van der Waals surface area (Å²) in [6.45, 7) is 4.45. The molecule has 2 unspecified atom stereocenters. The summed E-state index contributed by atoms with van der Waals surface area (Å²) in [7, 11) is 3.88. The van der Waals surface area contributed by atoms with Crippen LogP contribution in [0.4, 0.5) is 0 Å². The molecule has 1 aromatic carbocycles. The SMILES string of the molecule is CN(C)C(C(=O)N1CCNCC1)C1CC(=O)N(Cc2ccccc2)C1. The summed E-state index contributed by atoms with van der Waals surface area (Å²) in [5.74, 6) is 0.355. The highest BCUT2D eigenvalue weighted by molar-refractivity contribution is 5.85. The van der Waals surface area contributed by atoms with E-state index in [2.05, 4.69) is 5.32 Å². The van der Waals surface area contributed by atoms with Crippen molar-refractivity contribution in [2.75, 3.05) is 46.8 Å². The Morgan fingerprint density at radius 3 is 2.56 bits per heavy atom. The Kier molecular flexibility index (Phi) is 5.71. The Balaban J connectivity index is 1.68. The van der Waals surface area contributed by atoms with E-state index in [1.807, 2.05) is 59.1 Å². The van der Waals surface area contributed by atoms with Gasteiger partial charge in [0.25, 0.3) is 0 Å². The second-order valence-corrected chi connectivity index (χ2v) is 7.21. The molecular weight excluding hydrogens is 316 g/mol. The summed E-state index contributed by atoms with van der Waals surface area (Å²) in [5, 5.41) is 3.28. The fraction of sp³-hybridized carbons (Fsp3) is 0.579. The second kappa shape index (κ2) is 7.97. The molecule has 2 heterocycles. The normalized spacial score (nSPS) is 22.5. The Hall–Kier alpha value is -1.92. The molecule has 136 valence electrons. The molecule has 2 fully saturated rings. The van der Waals surface area contributed by atoms with E-state index >= 15 is 0 Å². The van der Waals surface area contributed by atoms with Gasteiger partial charge in [0.15, 0.2) is 0 Å². The van der Waals surface area contributed by atoms with Crippen molar-refractivity contribution in [2.24, 2.45) is 5.92 Å². The van der Waals surface area contributed by atoms with Crippen LogP contribution in [0.25, 0.3) is 0 Å². The first-order valence-corrected chi connectivity index (χ1v) is 9.04. The van der Waals surface area contributed by atoms with Gasteiger partial charge in [-0.15, -0.1) is 0 Å². The van der Waals surface area contributed by atoms with Crippen LogP contribution in [0.2, 0.25) is 0 Å². The monoisotopic (exact) mass is 344 g/mol. The van der Waals surface area contributed by atoms with Crippen molar-refractivity contribution in [1.29, 1.82) is 0 Å². The van der Waals surface area contributed by atoms with Crippen molar-refractivity contribution in [1.82, 2.24) is 20.0 Å². The number of rotatable bonds is 5. The molecule has 2 amide bonds. The van der Waals surface area contributed by atoms with Crippen molar-refractivity contribution in [3.8, 4) is 0 Å². The van der Waals surface area contributed by atoms with Crippen molar-refractivity contribution >= 4 is 11.8 Å². The lowest BCUT2D eigenvalue weighted by atomic mass is 9.96. The van der Waals surface area contributed by atoms with Crippen molar-refractivity contribution in [2.45, 2.75) is 19.0 Å². The number of carbonyl (C=O) groups excluding carboxylic acids is 2. The Bertz CT molecular complexity index is 599. The molecule has 0 bridgehead atoms. The third-order valence-electron chi connectivity index (χ3n) is 5.15. The van der Waals surface area contributed by atoms with Gasteiger partial charge in [-0.1, -0.05) is 30.3 Å². The predicted octanol–water partition coefficient (Wildman–Crippen LogP) is 0.397. The lowest BCUT2D eigenvalue weighted by molar-refractivity contribution is -0.138. The number of benzene rings is 1. The standard InChI is InChI=1S/C19H28N4O2/c1-21(2)18(19(25)22-10-8-20-9-11-22)16-12-17(24)23(14-16)13-15-6-4-3-5-7-15/h3-7,16,18,20H,8-14H2,1-2H3. The van der Waals surface area contributed by atoms with Gasteiger partial charge in [0.05, 0.1) is 6.04 Å². The maximum atomic E-state index is 13.0. The van der Waals surface area contributed by atoms with E-state index in [9.17, 15) is 9.59 Å². The molecule has 0 spiro atoms. The van der Waals surface area contributed by atoms with E-state index in [1.54, 1.807) is 0 Å². The maximum absolute atomic E-state index is 13.0. The van der Waals surface area contributed by atoms with Crippen LogP contribution >= 0.6 is 0 Å². The van der Waals surface area contributed by atoms with E-state index in [0.29, 0.717) is 19.5 Å². The van der Waals surface area contributed by atoms with Gasteiger partial charge in [0.1, 0.15) is 0 Å². The largest absolute Gasteiger partial charge is 0.339 e. The summed E-state index contributed by atoms with van der Waals surface area (Å²) < 4.78 is 0. The molecule has 2 atom stereocenters. The molecule has 0 aliphatic carbocycles. The first kappa shape index (κ1) is 17.9. The van der Waals surface area contributed by atoms with Crippen molar-refractivity contribution < 1.29 is 9.59 Å². The molecule has 2 aliphatic rings. The van der Waals surface area contributed by atoms with Gasteiger partial charge >= 0.3 is 0 Å². The lowest BCUT2D eigenvalue weighted by Gasteiger charge is -2.35. The Labute approximate surface area is 149 Å². The number of nitrogens with one attached hydrogen (secondary N) is 1. The Morgan fingerprint density at radius 2 is 1.92 bits per heavy atom. The highest BCUT2D eigenvalue weighted by atomic mass is 16.2. The second-order valence-electron chi connectivity index (χ2n) is 7.21. The number of likely N-dealkylation sites (N-methyl/N-ethyl adjacent to an activating group) is 1. The molecular formula is C19H28N4O2. The van der Waals surface area contributed by atoms with E-state index in [1.165, 1.54) is 0 Å². The summed E-state index contributed by atoms with van der Waals surface area (Å²) in [5.41, 5.74) is 1.13. The molecule has 0 radical (unpaired) electrons. The zero-order valence-electron chi connectivity index (χ0n) is 15.1. The van der Waals surface area contributed by atoms with Gasteiger partial charge in [0, 0.05) is 51.6 Å². The molecule has 6 heteroatoms. The van der Waals surface area contributed by atoms with E-state index in [4.69, 9.17) is 0 Å². The molecule has 0 saturated carbocycles. The molecule has 25 heavy (non-hydrogen) atoms. The van der Waals surface area contributed by atoms with Gasteiger partial charge in [-0.05, 0) is 19.7 Å². The first-order chi connectivity index (χ1) is 12.1. The molecule has 0 aromatic heterocycles. The van der Waals surface area contributed by atoms with Crippen LogP contribution in [0, 0.1) is 5.92 Å². The van der Waals surface area contributed by atoms with Crippen LogP contribution in [0.5, 0.6) is 0 Å². The number of piperazine rings is 1. The molecule has 6 nitrogen and oxygen atoms in total. The number of hydrogen-bond donors (Lipinski definition) is 1. The average Bonchev–Trinajstić information content (AvgIpc) is 2.96. The van der Waals surface area contributed by atoms with Crippen LogP contribution in [0.3, 0.4) is 0 Å². The zero-order chi connectivity index (χ0) is 17.8. The summed E-state index contributed by atoms with van der Waals surface area (Å²) in [6.07, 6.45) is 0.452. The minimum Gasteiger partial charge on any atom is -0.339 e. The number of likely N-dealkylation sites (tertiary alicyclic amines) is 1. The lowest BCUT2D eigenvalue weighted by Crippen LogP contribution is -2.55. The summed E-state index contributed by atoms with van der Waals surface area (Å²) in [4.78, 5) is 31.3. The van der Waals surface area contributed by atoms with Gasteiger partial charge in [-0.2, -0.15) is 0 Å². The number of hydrogen-bond acceptors (Lipinski definition) is 4. The van der Waals surface area contributed by atoms with E-state index in [-0.39, 0.29) is 23.8 Å². The van der Waals surface area contributed by atoms with Crippen molar-refractivity contribution in [3.05, 3.63) is 35.9 Å². The van der Waals surface area contributed by atoms with Crippen LogP contribution in [0.15, 0.2) is 30.3 Å². The van der Waals surface area contributed by atoms with Gasteiger partial charge in [0.2, 0.25) is 11.8 Å². The molecule has 1 N–H and O–H groups in total. The first-order valence-electron chi connectivity index (χ1n) is 9.04. The van der Waals surface area contributed by atoms with Gasteiger partial charge < -0.3 is 15.1 Å². The molecule has 1 aromatic rings. The highest BCUT2D eigenvalue weighted by Crippen LogP contribution is 2.26. The van der Waals surface area contributed by atoms with Gasteiger partial charge in [-0.3, -0.25) is 14.5 Å². The maximum Gasteiger partial charge on any atom is 0.240 e. The van der Waals surface area contributed by atoms with Crippen LogP contribution in [-0.4, -0.2) is 79.4 Å². The summed E-state index contributed by atoms with van der Waals surface area (Å²) in [6, 6.07) is 9.80. The molecule has 2 saturated heterocycles. The molecule has 2 aliphatic heterocycles. The minimum absolute atomic E-state index is 0.0496. The van der Waals surface area contributed by atoms with Crippen molar-refractivity contribution in [3.63, 3.8) is 0 Å². The number of carbonyl (C=O) groups is 2. The predicted molar refractivity (Wildman–Crippen MR) is 96.9 cm³/mol. The molecule has 3 rings (SSSR count). The third-order valence-corrected chi connectivity index (χ3v) is 5.15. The average molecular weight is 344 g/mol. The number of nitrogens with zero attached hydrogens (tertiary/aromatic N) is 3. The highest BCUT2D eigenvalue weighted by Gasteiger charge is 2.40. The minimum atomic E-state index is -0.233. The van der Waals surface area contributed by atoms with Crippen LogP contribution < -0.4 is 5.32 Å². The van der Waals surface area contributed by atoms with Crippen LogP contribution in [0.1, 0.15) is 12.0 Å². The third kappa shape index (κ3) is 4.19.